The summed E-state index contributed by atoms with van der Waals surface area (Å²) < 4.78 is 34.4. The van der Waals surface area contributed by atoms with Crippen LogP contribution in [-0.2, 0) is 16.6 Å². The van der Waals surface area contributed by atoms with Crippen LogP contribution in [0.4, 0.5) is 0 Å². The number of nitrogens with one attached hydrogen (secondary N) is 1. The zero-order valence-electron chi connectivity index (χ0n) is 19.5. The highest BCUT2D eigenvalue weighted by molar-refractivity contribution is 7.89. The van der Waals surface area contributed by atoms with Gasteiger partial charge in [0.25, 0.3) is 0 Å². The molecule has 1 aromatic heterocycles. The summed E-state index contributed by atoms with van der Waals surface area (Å²) in [5, 5.41) is 1.55. The highest BCUT2D eigenvalue weighted by atomic mass is 35.5. The molecule has 5 nitrogen and oxygen atoms in total. The number of benzene rings is 4. The zero-order valence-corrected chi connectivity index (χ0v) is 21.1. The monoisotopic (exact) mass is 514 g/mol. The van der Waals surface area contributed by atoms with Crippen molar-refractivity contribution < 1.29 is 13.2 Å². The summed E-state index contributed by atoms with van der Waals surface area (Å²) in [7, 11) is -3.71. The van der Waals surface area contributed by atoms with E-state index < -0.39 is 10.0 Å². The van der Waals surface area contributed by atoms with Crippen LogP contribution in [0, 0.1) is 6.92 Å². The number of para-hydroxylation sites is 1. The first-order chi connectivity index (χ1) is 17.4. The molecule has 1 N–H and O–H groups in total. The molecule has 0 saturated heterocycles. The third-order valence-electron chi connectivity index (χ3n) is 5.82. The molecule has 0 radical (unpaired) electrons. The van der Waals surface area contributed by atoms with Gasteiger partial charge in [-0.3, -0.25) is 4.98 Å². The van der Waals surface area contributed by atoms with Gasteiger partial charge in [-0.15, -0.1) is 0 Å². The second-order valence-corrected chi connectivity index (χ2v) is 10.5. The second kappa shape index (κ2) is 10.1. The minimum Gasteiger partial charge on any atom is -0.457 e. The first-order valence-corrected chi connectivity index (χ1v) is 13.2. The van der Waals surface area contributed by atoms with E-state index >= 15 is 0 Å². The summed E-state index contributed by atoms with van der Waals surface area (Å²) >= 11 is 6.37. The average Bonchev–Trinajstić information content (AvgIpc) is 2.88. The highest BCUT2D eigenvalue weighted by Gasteiger charge is 2.15. The molecule has 0 atom stereocenters. The summed E-state index contributed by atoms with van der Waals surface area (Å²) in [6, 6.07) is 29.3. The number of halogens is 1. The van der Waals surface area contributed by atoms with Crippen molar-refractivity contribution in [1.29, 1.82) is 0 Å². The van der Waals surface area contributed by atoms with Crippen LogP contribution in [0.15, 0.2) is 108 Å². The van der Waals surface area contributed by atoms with E-state index in [1.54, 1.807) is 18.2 Å². The molecule has 36 heavy (non-hydrogen) atoms. The Morgan fingerprint density at radius 2 is 1.58 bits per heavy atom. The van der Waals surface area contributed by atoms with Gasteiger partial charge >= 0.3 is 0 Å². The Kier molecular flexibility index (Phi) is 6.74. The van der Waals surface area contributed by atoms with Crippen LogP contribution < -0.4 is 9.46 Å². The lowest BCUT2D eigenvalue weighted by molar-refractivity contribution is 0.481. The van der Waals surface area contributed by atoms with Crippen molar-refractivity contribution in [2.45, 2.75) is 18.4 Å². The fourth-order valence-corrected chi connectivity index (χ4v) is 5.36. The summed E-state index contributed by atoms with van der Waals surface area (Å²) in [4.78, 5) is 4.63. The first kappa shape index (κ1) is 24.0. The van der Waals surface area contributed by atoms with Crippen molar-refractivity contribution in [3.8, 4) is 22.6 Å². The molecule has 1 heterocycles. The SMILES string of the molecule is Cc1cnc2c(Cl)cccc2c1-c1cccc(Oc2cccc(S(=O)(=O)NCc3ccccc3)c2)c1. The average molecular weight is 515 g/mol. The number of pyridine rings is 1. The Morgan fingerprint density at radius 3 is 2.39 bits per heavy atom. The number of hydrogen-bond acceptors (Lipinski definition) is 4. The number of sulfonamides is 1. The summed E-state index contributed by atoms with van der Waals surface area (Å²) in [5.41, 5.74) is 4.61. The van der Waals surface area contributed by atoms with Crippen molar-refractivity contribution in [3.63, 3.8) is 0 Å². The van der Waals surface area contributed by atoms with Crippen molar-refractivity contribution in [3.05, 3.63) is 119 Å². The van der Waals surface area contributed by atoms with Crippen LogP contribution in [-0.4, -0.2) is 13.4 Å². The van der Waals surface area contributed by atoms with Crippen LogP contribution in [0.25, 0.3) is 22.0 Å². The topological polar surface area (TPSA) is 68.3 Å². The standard InChI is InChI=1S/C29H23ClN2O3S/c1-20-18-31-29-26(14-7-15-27(29)30)28(20)22-10-5-11-23(16-22)35-24-12-6-13-25(17-24)36(33,34)32-19-21-8-3-2-4-9-21/h2-18,32H,19H2,1H3. The van der Waals surface area contributed by atoms with Crippen LogP contribution in [0.3, 0.4) is 0 Å². The van der Waals surface area contributed by atoms with Crippen molar-refractivity contribution in [1.82, 2.24) is 9.71 Å². The Bertz CT molecular complexity index is 1650. The molecule has 0 fully saturated rings. The van der Waals surface area contributed by atoms with Crippen LogP contribution >= 0.6 is 11.6 Å². The van der Waals surface area contributed by atoms with E-state index in [0.29, 0.717) is 16.5 Å². The molecular formula is C29H23ClN2O3S. The third kappa shape index (κ3) is 5.11. The Labute approximate surface area is 215 Å². The van der Waals surface area contributed by atoms with Gasteiger partial charge in [0.2, 0.25) is 10.0 Å². The molecule has 0 amide bonds. The van der Waals surface area contributed by atoms with Crippen LogP contribution in [0.2, 0.25) is 5.02 Å². The van der Waals surface area contributed by atoms with Gasteiger partial charge in [-0.05, 0) is 59.5 Å². The molecule has 0 aliphatic carbocycles. The Balaban J connectivity index is 1.41. The maximum atomic E-state index is 12.9. The fourth-order valence-electron chi connectivity index (χ4n) is 4.08. The maximum Gasteiger partial charge on any atom is 0.241 e. The predicted molar refractivity (Wildman–Crippen MR) is 144 cm³/mol. The van der Waals surface area contributed by atoms with Crippen molar-refractivity contribution >= 4 is 32.5 Å². The summed E-state index contributed by atoms with van der Waals surface area (Å²) in [6.07, 6.45) is 1.81. The van der Waals surface area contributed by atoms with E-state index in [1.807, 2.05) is 85.9 Å². The van der Waals surface area contributed by atoms with E-state index in [1.165, 1.54) is 6.07 Å². The summed E-state index contributed by atoms with van der Waals surface area (Å²) in [5.74, 6) is 1.01. The van der Waals surface area contributed by atoms with Gasteiger partial charge in [0.05, 0.1) is 15.4 Å². The van der Waals surface area contributed by atoms with E-state index in [4.69, 9.17) is 16.3 Å². The molecule has 5 rings (SSSR count). The van der Waals surface area contributed by atoms with E-state index in [9.17, 15) is 8.42 Å². The number of fused-ring (bicyclic) bond motifs is 1. The summed E-state index contributed by atoms with van der Waals surface area (Å²) in [6.45, 7) is 2.21. The molecule has 7 heteroatoms. The van der Waals surface area contributed by atoms with Crippen LogP contribution in [0.1, 0.15) is 11.1 Å². The number of aromatic nitrogens is 1. The predicted octanol–water partition coefficient (Wildman–Crippen LogP) is 7.13. The van der Waals surface area contributed by atoms with Gasteiger partial charge in [0, 0.05) is 24.2 Å². The van der Waals surface area contributed by atoms with Gasteiger partial charge in [-0.1, -0.05) is 72.3 Å². The Hall–Kier alpha value is -3.71. The quantitative estimate of drug-likeness (QED) is 0.251. The molecule has 0 aliphatic heterocycles. The number of rotatable bonds is 7. The van der Waals surface area contributed by atoms with Crippen LogP contribution in [0.5, 0.6) is 11.5 Å². The smallest absolute Gasteiger partial charge is 0.241 e. The number of nitrogens with zero attached hydrogens (tertiary/aromatic N) is 1. The third-order valence-corrected chi connectivity index (χ3v) is 7.53. The zero-order chi connectivity index (χ0) is 25.1. The van der Waals surface area contributed by atoms with Gasteiger partial charge in [-0.2, -0.15) is 0 Å². The second-order valence-electron chi connectivity index (χ2n) is 8.37. The minimum atomic E-state index is -3.71. The van der Waals surface area contributed by atoms with Gasteiger partial charge in [0.15, 0.2) is 0 Å². The van der Waals surface area contributed by atoms with Crippen molar-refractivity contribution in [2.24, 2.45) is 0 Å². The number of ether oxygens (including phenoxy) is 1. The van der Waals surface area contributed by atoms with Gasteiger partial charge in [-0.25, -0.2) is 13.1 Å². The lowest BCUT2D eigenvalue weighted by Crippen LogP contribution is -2.23. The lowest BCUT2D eigenvalue weighted by atomic mass is 9.97. The van der Waals surface area contributed by atoms with Gasteiger partial charge < -0.3 is 4.74 Å². The van der Waals surface area contributed by atoms with Crippen molar-refractivity contribution in [2.75, 3.05) is 0 Å². The Morgan fingerprint density at radius 1 is 0.861 bits per heavy atom. The lowest BCUT2D eigenvalue weighted by Gasteiger charge is -2.13. The molecule has 5 aromatic rings. The number of aryl methyl sites for hydroxylation is 1. The van der Waals surface area contributed by atoms with E-state index in [-0.39, 0.29) is 11.4 Å². The molecule has 0 aliphatic rings. The molecule has 0 bridgehead atoms. The van der Waals surface area contributed by atoms with E-state index in [0.717, 1.165) is 33.2 Å². The minimum absolute atomic E-state index is 0.137. The first-order valence-electron chi connectivity index (χ1n) is 11.4. The maximum absolute atomic E-state index is 12.9. The molecule has 0 saturated carbocycles. The molecule has 0 spiro atoms. The largest absolute Gasteiger partial charge is 0.457 e. The van der Waals surface area contributed by atoms with Gasteiger partial charge in [0.1, 0.15) is 11.5 Å². The molecular weight excluding hydrogens is 492 g/mol. The van der Waals surface area contributed by atoms with E-state index in [2.05, 4.69) is 9.71 Å². The fraction of sp³-hybridized carbons (Fsp3) is 0.0690. The highest BCUT2D eigenvalue weighted by Crippen LogP contribution is 2.35. The number of hydrogen-bond donors (Lipinski definition) is 1. The molecule has 180 valence electrons. The normalized spacial score (nSPS) is 11.5. The molecule has 0 unspecified atom stereocenters. The molecule has 4 aromatic carbocycles.